The molecule has 0 saturated carbocycles. The van der Waals surface area contributed by atoms with Crippen LogP contribution in [0.1, 0.15) is 34.1 Å². The van der Waals surface area contributed by atoms with Crippen molar-refractivity contribution in [2.75, 3.05) is 0 Å². The van der Waals surface area contributed by atoms with Gasteiger partial charge in [0.05, 0.1) is 11.8 Å². The summed E-state index contributed by atoms with van der Waals surface area (Å²) in [5.74, 6) is -1.58. The van der Waals surface area contributed by atoms with Crippen molar-refractivity contribution in [2.24, 2.45) is 0 Å². The highest BCUT2D eigenvalue weighted by molar-refractivity contribution is 6.32. The lowest BCUT2D eigenvalue weighted by Crippen LogP contribution is -2.35. The summed E-state index contributed by atoms with van der Waals surface area (Å²) in [6.07, 6.45) is 0. The van der Waals surface area contributed by atoms with E-state index in [-0.39, 0.29) is 10.7 Å². The van der Waals surface area contributed by atoms with E-state index in [1.807, 2.05) is 4.98 Å². The van der Waals surface area contributed by atoms with Crippen LogP contribution in [-0.2, 0) is 5.41 Å². The van der Waals surface area contributed by atoms with Crippen LogP contribution in [0.15, 0.2) is 46.0 Å². The monoisotopic (exact) mass is 444 g/mol. The molecule has 152 valence electrons. The van der Waals surface area contributed by atoms with Crippen LogP contribution in [0.25, 0.3) is 5.69 Å². The number of H-pyrrole nitrogens is 1. The lowest BCUT2D eigenvalue weighted by Gasteiger charge is -2.26. The number of carboxylic acid groups (broad SMARTS) is 1. The minimum atomic E-state index is -1.58. The fourth-order valence-corrected chi connectivity index (χ4v) is 3.82. The van der Waals surface area contributed by atoms with Crippen molar-refractivity contribution in [3.05, 3.63) is 89.7 Å². The Kier molecular flexibility index (Phi) is 5.53. The van der Waals surface area contributed by atoms with Gasteiger partial charge in [-0.3, -0.25) is 9.78 Å². The van der Waals surface area contributed by atoms with Gasteiger partial charge in [0.25, 0.3) is 5.56 Å². The van der Waals surface area contributed by atoms with E-state index < -0.39 is 28.3 Å². The number of hydrogen-bond acceptors (Lipinski definition) is 5. The smallest absolute Gasteiger partial charge is 0.362 e. The summed E-state index contributed by atoms with van der Waals surface area (Å²) >= 11 is 12.5. The summed E-state index contributed by atoms with van der Waals surface area (Å²) in [5, 5.41) is 23.4. The minimum absolute atomic E-state index is 0.140. The largest absolute Gasteiger partial charge is 0.476 e. The Balaban J connectivity index is 2.22. The highest BCUT2D eigenvalue weighted by Gasteiger charge is 2.33. The van der Waals surface area contributed by atoms with E-state index in [4.69, 9.17) is 28.3 Å². The number of aromatic nitrogens is 3. The van der Waals surface area contributed by atoms with E-state index >= 15 is 0 Å². The van der Waals surface area contributed by atoms with E-state index in [9.17, 15) is 19.6 Å². The molecule has 2 aromatic carbocycles. The third-order valence-corrected chi connectivity index (χ3v) is 5.24. The van der Waals surface area contributed by atoms with Gasteiger partial charge >= 0.3 is 11.7 Å². The number of nitrogens with one attached hydrogen (secondary N) is 1. The summed E-state index contributed by atoms with van der Waals surface area (Å²) < 4.78 is 0.736. The number of halogens is 2. The Hall–Kier alpha value is -3.41. The molecule has 0 radical (unpaired) electrons. The predicted octanol–water partition coefficient (Wildman–Crippen LogP) is 3.06. The molecule has 0 aliphatic carbocycles. The topological polar surface area (TPSA) is 129 Å². The molecule has 0 amide bonds. The van der Waals surface area contributed by atoms with Crippen LogP contribution in [0.2, 0.25) is 10.0 Å². The van der Waals surface area contributed by atoms with Crippen LogP contribution in [-0.4, -0.2) is 25.8 Å². The number of aromatic amines is 1. The number of aryl methyl sites for hydroxylation is 1. The van der Waals surface area contributed by atoms with Gasteiger partial charge in [-0.1, -0.05) is 35.3 Å². The Bertz CT molecular complexity index is 1300. The van der Waals surface area contributed by atoms with Gasteiger partial charge < -0.3 is 5.11 Å². The lowest BCUT2D eigenvalue weighted by atomic mass is 9.75. The summed E-state index contributed by atoms with van der Waals surface area (Å²) in [6, 6.07) is 12.0. The van der Waals surface area contributed by atoms with Gasteiger partial charge in [-0.15, -0.1) is 0 Å². The second-order valence-corrected chi connectivity index (χ2v) is 7.53. The predicted molar refractivity (Wildman–Crippen MR) is 111 cm³/mol. The summed E-state index contributed by atoms with van der Waals surface area (Å²) in [6.45, 7) is 3.40. The molecule has 1 aromatic heterocycles. The lowest BCUT2D eigenvalue weighted by molar-refractivity contribution is 0.0685. The van der Waals surface area contributed by atoms with E-state index in [2.05, 4.69) is 11.2 Å². The zero-order valence-electron chi connectivity index (χ0n) is 15.7. The first-order valence-electron chi connectivity index (χ1n) is 8.53. The molecule has 8 nitrogen and oxygen atoms in total. The molecule has 10 heteroatoms. The van der Waals surface area contributed by atoms with Crippen molar-refractivity contribution >= 4 is 29.2 Å². The third kappa shape index (κ3) is 3.61. The number of carbonyl (C=O) groups is 1. The van der Waals surface area contributed by atoms with Crippen LogP contribution in [0.4, 0.5) is 0 Å². The van der Waals surface area contributed by atoms with Crippen LogP contribution in [0.5, 0.6) is 0 Å². The van der Waals surface area contributed by atoms with Gasteiger partial charge in [0, 0.05) is 10.0 Å². The molecule has 0 bridgehead atoms. The van der Waals surface area contributed by atoms with E-state index in [1.165, 1.54) is 12.1 Å². The number of nitriles is 1. The first-order valence-corrected chi connectivity index (χ1v) is 9.29. The molecule has 0 aliphatic heterocycles. The number of aromatic carboxylic acids is 1. The second kappa shape index (κ2) is 7.78. The normalized spacial score (nSPS) is 12.8. The molecule has 1 heterocycles. The maximum Gasteiger partial charge on any atom is 0.362 e. The average molecular weight is 445 g/mol. The Morgan fingerprint density at radius 3 is 2.40 bits per heavy atom. The average Bonchev–Trinajstić information content (AvgIpc) is 2.67. The molecule has 0 saturated heterocycles. The standard InChI is InChI=1S/C20H14Cl2N4O4/c1-10-7-13(26-19(30)24-17(27)16(25-26)18(28)29)8-14(22)15(10)20(2,9-23)11-3-5-12(21)6-4-11/h3-8H,1-2H3,(H,28,29)(H,24,27,30). The molecule has 1 unspecified atom stereocenters. The van der Waals surface area contributed by atoms with Crippen molar-refractivity contribution in [3.8, 4) is 11.8 Å². The molecule has 1 atom stereocenters. The van der Waals surface area contributed by atoms with Gasteiger partial charge in [0.1, 0.15) is 5.41 Å². The number of nitrogens with zero attached hydrogens (tertiary/aromatic N) is 3. The van der Waals surface area contributed by atoms with Gasteiger partial charge in [0.15, 0.2) is 0 Å². The summed E-state index contributed by atoms with van der Waals surface area (Å²) in [4.78, 5) is 36.9. The van der Waals surface area contributed by atoms with Gasteiger partial charge in [-0.05, 0) is 54.8 Å². The molecule has 0 aliphatic rings. The molecule has 0 fully saturated rings. The van der Waals surface area contributed by atoms with E-state index in [0.29, 0.717) is 21.7 Å². The Morgan fingerprint density at radius 2 is 1.87 bits per heavy atom. The van der Waals surface area contributed by atoms with E-state index in [1.54, 1.807) is 38.1 Å². The second-order valence-electron chi connectivity index (χ2n) is 6.69. The molecular weight excluding hydrogens is 431 g/mol. The zero-order valence-corrected chi connectivity index (χ0v) is 17.2. The first kappa shape index (κ1) is 21.3. The molecule has 3 rings (SSSR count). The highest BCUT2D eigenvalue weighted by Crippen LogP contribution is 2.39. The van der Waals surface area contributed by atoms with Crippen LogP contribution in [0.3, 0.4) is 0 Å². The minimum Gasteiger partial charge on any atom is -0.476 e. The Labute approximate surface area is 179 Å². The quantitative estimate of drug-likeness (QED) is 0.635. The molecule has 0 spiro atoms. The van der Waals surface area contributed by atoms with Crippen molar-refractivity contribution in [2.45, 2.75) is 19.3 Å². The zero-order chi connectivity index (χ0) is 22.2. The molecular formula is C20H14Cl2N4O4. The highest BCUT2D eigenvalue weighted by atomic mass is 35.5. The number of carboxylic acids is 1. The number of rotatable bonds is 4. The molecule has 30 heavy (non-hydrogen) atoms. The maximum absolute atomic E-state index is 12.2. The molecule has 3 aromatic rings. The third-order valence-electron chi connectivity index (χ3n) is 4.69. The van der Waals surface area contributed by atoms with Crippen molar-refractivity contribution in [1.82, 2.24) is 14.8 Å². The van der Waals surface area contributed by atoms with Gasteiger partial charge in [-0.2, -0.15) is 15.0 Å². The Morgan fingerprint density at radius 1 is 1.23 bits per heavy atom. The summed E-state index contributed by atoms with van der Waals surface area (Å²) in [7, 11) is 0. The van der Waals surface area contributed by atoms with Gasteiger partial charge in [-0.25, -0.2) is 9.59 Å². The SMILES string of the molecule is Cc1cc(-n2nc(C(=O)O)c(=O)[nH]c2=O)cc(Cl)c1C(C)(C#N)c1ccc(Cl)cc1. The van der Waals surface area contributed by atoms with E-state index in [0.717, 1.165) is 4.68 Å². The fraction of sp³-hybridized carbons (Fsp3) is 0.150. The van der Waals surface area contributed by atoms with Crippen LogP contribution >= 0.6 is 23.2 Å². The molecule has 2 N–H and O–H groups in total. The van der Waals surface area contributed by atoms with Crippen molar-refractivity contribution in [3.63, 3.8) is 0 Å². The van der Waals surface area contributed by atoms with Crippen molar-refractivity contribution < 1.29 is 9.90 Å². The van der Waals surface area contributed by atoms with Gasteiger partial charge in [0.2, 0.25) is 5.69 Å². The summed E-state index contributed by atoms with van der Waals surface area (Å²) in [5.41, 5.74) is -2.12. The maximum atomic E-state index is 12.2. The fourth-order valence-electron chi connectivity index (χ4n) is 3.24. The van der Waals surface area contributed by atoms with Crippen LogP contribution in [0, 0.1) is 18.3 Å². The number of benzene rings is 2. The first-order chi connectivity index (χ1) is 14.1. The van der Waals surface area contributed by atoms with Crippen molar-refractivity contribution in [1.29, 1.82) is 5.26 Å². The van der Waals surface area contributed by atoms with Crippen LogP contribution < -0.4 is 11.2 Å². The number of hydrogen-bond donors (Lipinski definition) is 2.